The zero-order valence-corrected chi connectivity index (χ0v) is 14.9. The van der Waals surface area contributed by atoms with Gasteiger partial charge in [0.15, 0.2) is 17.0 Å². The van der Waals surface area contributed by atoms with Crippen molar-refractivity contribution in [3.63, 3.8) is 0 Å². The number of hydrogen-bond donors (Lipinski definition) is 0. The molecule has 0 saturated heterocycles. The molecule has 138 valence electrons. The fourth-order valence-electron chi connectivity index (χ4n) is 2.58. The standard InChI is InChI=1S/C17H19F3N6/c1-24(2)12-7-5-11(6-8-12)9-26-10-21-13-14(25(3)4)22-16(17(18,19)20)23-15(13)26/h5-8,10H,9H2,1-4H3. The monoisotopic (exact) mass is 364 g/mol. The van der Waals surface area contributed by atoms with Gasteiger partial charge in [-0.05, 0) is 17.7 Å². The predicted molar refractivity (Wildman–Crippen MR) is 94.5 cm³/mol. The van der Waals surface area contributed by atoms with E-state index in [0.29, 0.717) is 12.1 Å². The van der Waals surface area contributed by atoms with Crippen LogP contribution in [0.1, 0.15) is 11.4 Å². The van der Waals surface area contributed by atoms with Crippen LogP contribution in [0.4, 0.5) is 24.7 Å². The summed E-state index contributed by atoms with van der Waals surface area (Å²) in [6, 6.07) is 7.77. The third-order valence-corrected chi connectivity index (χ3v) is 3.93. The van der Waals surface area contributed by atoms with Crippen molar-refractivity contribution in [2.24, 2.45) is 0 Å². The van der Waals surface area contributed by atoms with Crippen LogP contribution in [-0.2, 0) is 12.7 Å². The Morgan fingerprint density at radius 3 is 2.15 bits per heavy atom. The number of nitrogens with zero attached hydrogens (tertiary/aromatic N) is 6. The minimum absolute atomic E-state index is 0.143. The largest absolute Gasteiger partial charge is 0.451 e. The Kier molecular flexibility index (Phi) is 4.47. The van der Waals surface area contributed by atoms with E-state index in [1.807, 2.05) is 43.3 Å². The van der Waals surface area contributed by atoms with Gasteiger partial charge in [-0.1, -0.05) is 12.1 Å². The van der Waals surface area contributed by atoms with Crippen LogP contribution >= 0.6 is 0 Å². The summed E-state index contributed by atoms with van der Waals surface area (Å²) in [5.41, 5.74) is 2.48. The molecule has 0 fully saturated rings. The van der Waals surface area contributed by atoms with Crippen LogP contribution in [0.5, 0.6) is 0 Å². The molecule has 0 aliphatic carbocycles. The molecule has 0 unspecified atom stereocenters. The summed E-state index contributed by atoms with van der Waals surface area (Å²) in [7, 11) is 7.13. The number of rotatable bonds is 4. The average Bonchev–Trinajstić information content (AvgIpc) is 2.96. The van der Waals surface area contributed by atoms with Crippen molar-refractivity contribution in [2.75, 3.05) is 38.0 Å². The minimum Gasteiger partial charge on any atom is -0.378 e. The Balaban J connectivity index is 2.05. The molecule has 3 aromatic rings. The predicted octanol–water partition coefficient (Wildman–Crippen LogP) is 3.03. The minimum atomic E-state index is -4.62. The summed E-state index contributed by atoms with van der Waals surface area (Å²) in [5.74, 6) is -1.03. The second-order valence-electron chi connectivity index (χ2n) is 6.37. The van der Waals surface area contributed by atoms with Crippen molar-refractivity contribution in [2.45, 2.75) is 12.7 Å². The molecule has 0 saturated carbocycles. The Morgan fingerprint density at radius 1 is 0.962 bits per heavy atom. The van der Waals surface area contributed by atoms with Gasteiger partial charge in [0, 0.05) is 33.9 Å². The molecule has 6 nitrogen and oxygen atoms in total. The highest BCUT2D eigenvalue weighted by molar-refractivity contribution is 5.83. The molecule has 26 heavy (non-hydrogen) atoms. The molecule has 3 rings (SSSR count). The first-order chi connectivity index (χ1) is 12.2. The smallest absolute Gasteiger partial charge is 0.378 e. The van der Waals surface area contributed by atoms with Crippen LogP contribution in [-0.4, -0.2) is 47.7 Å². The third kappa shape index (κ3) is 3.42. The molecule has 0 aliphatic heterocycles. The molecule has 2 aromatic heterocycles. The number of alkyl halides is 3. The zero-order valence-electron chi connectivity index (χ0n) is 14.9. The maximum absolute atomic E-state index is 13.2. The summed E-state index contributed by atoms with van der Waals surface area (Å²) in [4.78, 5) is 15.1. The SMILES string of the molecule is CN(C)c1ccc(Cn2cnc3c(N(C)C)nc(C(F)(F)F)nc32)cc1. The van der Waals surface area contributed by atoms with Gasteiger partial charge in [-0.2, -0.15) is 13.2 Å². The third-order valence-electron chi connectivity index (χ3n) is 3.93. The first kappa shape index (κ1) is 18.0. The molecule has 1 aromatic carbocycles. The molecular weight excluding hydrogens is 345 g/mol. The summed E-state index contributed by atoms with van der Waals surface area (Å²) in [6.07, 6.45) is -3.13. The van der Waals surface area contributed by atoms with Gasteiger partial charge in [0.2, 0.25) is 5.82 Å². The number of fused-ring (bicyclic) bond motifs is 1. The normalized spacial score (nSPS) is 11.8. The highest BCUT2D eigenvalue weighted by Gasteiger charge is 2.36. The highest BCUT2D eigenvalue weighted by Crippen LogP contribution is 2.30. The van der Waals surface area contributed by atoms with Gasteiger partial charge in [0.05, 0.1) is 12.9 Å². The van der Waals surface area contributed by atoms with E-state index in [9.17, 15) is 13.2 Å². The van der Waals surface area contributed by atoms with Crippen LogP contribution < -0.4 is 9.80 Å². The zero-order chi connectivity index (χ0) is 19.1. The first-order valence-corrected chi connectivity index (χ1v) is 7.90. The van der Waals surface area contributed by atoms with Crippen LogP contribution in [0.25, 0.3) is 11.2 Å². The van der Waals surface area contributed by atoms with Crippen LogP contribution in [0.3, 0.4) is 0 Å². The molecular formula is C17H19F3N6. The summed E-state index contributed by atoms with van der Waals surface area (Å²) >= 11 is 0. The molecule has 0 radical (unpaired) electrons. The molecule has 0 atom stereocenters. The van der Waals surface area contributed by atoms with Gasteiger partial charge >= 0.3 is 6.18 Å². The fourth-order valence-corrected chi connectivity index (χ4v) is 2.58. The number of anilines is 2. The Bertz CT molecular complexity index is 913. The Morgan fingerprint density at radius 2 is 1.62 bits per heavy atom. The molecule has 0 spiro atoms. The van der Waals surface area contributed by atoms with Crippen molar-refractivity contribution in [1.29, 1.82) is 0 Å². The lowest BCUT2D eigenvalue weighted by Crippen LogP contribution is -2.18. The molecule has 2 heterocycles. The second kappa shape index (κ2) is 6.47. The van der Waals surface area contributed by atoms with Gasteiger partial charge in [0.25, 0.3) is 0 Å². The van der Waals surface area contributed by atoms with E-state index in [1.165, 1.54) is 11.2 Å². The second-order valence-corrected chi connectivity index (χ2v) is 6.37. The Hall–Kier alpha value is -2.84. The van der Waals surface area contributed by atoms with Crippen molar-refractivity contribution in [3.8, 4) is 0 Å². The average molecular weight is 364 g/mol. The topological polar surface area (TPSA) is 50.1 Å². The fraction of sp³-hybridized carbons (Fsp3) is 0.353. The molecule has 0 amide bonds. The lowest BCUT2D eigenvalue weighted by Gasteiger charge is -2.15. The van der Waals surface area contributed by atoms with Gasteiger partial charge < -0.3 is 14.4 Å². The Labute approximate surface area is 148 Å². The molecule has 0 bridgehead atoms. The van der Waals surface area contributed by atoms with Crippen molar-refractivity contribution < 1.29 is 13.2 Å². The highest BCUT2D eigenvalue weighted by atomic mass is 19.4. The molecule has 0 N–H and O–H groups in total. The number of benzene rings is 1. The van der Waals surface area contributed by atoms with Crippen LogP contribution in [0.2, 0.25) is 0 Å². The van der Waals surface area contributed by atoms with Crippen molar-refractivity contribution in [3.05, 3.63) is 42.0 Å². The van der Waals surface area contributed by atoms with Crippen molar-refractivity contribution >= 4 is 22.7 Å². The quantitative estimate of drug-likeness (QED) is 0.712. The van der Waals surface area contributed by atoms with Gasteiger partial charge in [-0.25, -0.2) is 15.0 Å². The van der Waals surface area contributed by atoms with Crippen LogP contribution in [0.15, 0.2) is 30.6 Å². The summed E-state index contributed by atoms with van der Waals surface area (Å²) < 4.78 is 41.1. The van der Waals surface area contributed by atoms with E-state index in [-0.39, 0.29) is 11.5 Å². The van der Waals surface area contributed by atoms with E-state index in [1.54, 1.807) is 18.7 Å². The van der Waals surface area contributed by atoms with E-state index < -0.39 is 12.0 Å². The number of halogens is 3. The van der Waals surface area contributed by atoms with E-state index in [0.717, 1.165) is 11.3 Å². The first-order valence-electron chi connectivity index (χ1n) is 7.90. The maximum Gasteiger partial charge on any atom is 0.451 e. The van der Waals surface area contributed by atoms with Gasteiger partial charge in [-0.15, -0.1) is 0 Å². The number of hydrogen-bond acceptors (Lipinski definition) is 5. The van der Waals surface area contributed by atoms with Crippen LogP contribution in [0, 0.1) is 0 Å². The lowest BCUT2D eigenvalue weighted by atomic mass is 10.2. The van der Waals surface area contributed by atoms with E-state index in [4.69, 9.17) is 0 Å². The molecule has 0 aliphatic rings. The summed E-state index contributed by atoms with van der Waals surface area (Å²) in [6.45, 7) is 0.366. The summed E-state index contributed by atoms with van der Waals surface area (Å²) in [5, 5.41) is 0. The van der Waals surface area contributed by atoms with E-state index in [2.05, 4.69) is 15.0 Å². The van der Waals surface area contributed by atoms with Gasteiger partial charge in [0.1, 0.15) is 0 Å². The molecule has 9 heteroatoms. The van der Waals surface area contributed by atoms with E-state index >= 15 is 0 Å². The number of aromatic nitrogens is 4. The maximum atomic E-state index is 13.2. The number of imidazole rings is 1. The van der Waals surface area contributed by atoms with Crippen molar-refractivity contribution in [1.82, 2.24) is 19.5 Å². The lowest BCUT2D eigenvalue weighted by molar-refractivity contribution is -0.144. The van der Waals surface area contributed by atoms with Gasteiger partial charge in [-0.3, -0.25) is 0 Å².